The first-order chi connectivity index (χ1) is 11.6. The number of carbonyl (C=O) groups excluding carboxylic acids is 1. The minimum absolute atomic E-state index is 0.0600. The molecule has 3 N–H and O–H groups in total. The Bertz CT molecular complexity index is 632. The highest BCUT2D eigenvalue weighted by atomic mass is 16.3. The molecule has 0 saturated heterocycles. The van der Waals surface area contributed by atoms with Crippen LogP contribution in [0.4, 0.5) is 0 Å². The molecule has 0 unspecified atom stereocenters. The molecule has 4 nitrogen and oxygen atoms in total. The highest BCUT2D eigenvalue weighted by molar-refractivity contribution is 5.90. The van der Waals surface area contributed by atoms with Crippen LogP contribution in [0.5, 0.6) is 0 Å². The largest absolute Gasteiger partial charge is 0.393 e. The van der Waals surface area contributed by atoms with Crippen molar-refractivity contribution in [1.82, 2.24) is 5.32 Å². The molecule has 0 spiro atoms. The first-order valence-electron chi connectivity index (χ1n) is 8.42. The average Bonchev–Trinajstić information content (AvgIpc) is 3.05. The van der Waals surface area contributed by atoms with Crippen LogP contribution in [0.15, 0.2) is 60.7 Å². The second-order valence-corrected chi connectivity index (χ2v) is 6.41. The number of hydrogen-bond acceptors (Lipinski definition) is 3. The summed E-state index contributed by atoms with van der Waals surface area (Å²) in [6, 6.07) is 17.9. The Morgan fingerprint density at radius 3 is 2.00 bits per heavy atom. The van der Waals surface area contributed by atoms with Gasteiger partial charge in [0, 0.05) is 12.5 Å². The SMILES string of the molecule is O=C(NC[C@H]1CCC[C@@H]1O)C(O)(c1ccccc1)c1ccccc1. The minimum atomic E-state index is -1.74. The van der Waals surface area contributed by atoms with Gasteiger partial charge >= 0.3 is 0 Å². The van der Waals surface area contributed by atoms with Crippen LogP contribution >= 0.6 is 0 Å². The molecule has 4 heteroatoms. The third-order valence-electron chi connectivity index (χ3n) is 4.86. The molecule has 2 atom stereocenters. The van der Waals surface area contributed by atoms with E-state index in [1.807, 2.05) is 12.1 Å². The number of rotatable bonds is 5. The number of benzene rings is 2. The Morgan fingerprint density at radius 2 is 1.54 bits per heavy atom. The molecule has 0 radical (unpaired) electrons. The van der Waals surface area contributed by atoms with E-state index in [0.717, 1.165) is 19.3 Å². The predicted molar refractivity (Wildman–Crippen MR) is 92.2 cm³/mol. The van der Waals surface area contributed by atoms with Gasteiger partial charge in [-0.25, -0.2) is 0 Å². The summed E-state index contributed by atoms with van der Waals surface area (Å²) in [4.78, 5) is 12.9. The van der Waals surface area contributed by atoms with E-state index in [-0.39, 0.29) is 12.0 Å². The zero-order valence-electron chi connectivity index (χ0n) is 13.6. The van der Waals surface area contributed by atoms with Crippen molar-refractivity contribution in [2.24, 2.45) is 5.92 Å². The quantitative estimate of drug-likeness (QED) is 0.789. The molecule has 0 aromatic heterocycles. The van der Waals surface area contributed by atoms with E-state index >= 15 is 0 Å². The van der Waals surface area contributed by atoms with Crippen LogP contribution < -0.4 is 5.32 Å². The third kappa shape index (κ3) is 3.21. The number of hydrogen-bond donors (Lipinski definition) is 3. The summed E-state index contributed by atoms with van der Waals surface area (Å²) in [7, 11) is 0. The Balaban J connectivity index is 1.86. The first-order valence-corrected chi connectivity index (χ1v) is 8.42. The topological polar surface area (TPSA) is 69.6 Å². The normalized spacial score (nSPS) is 20.8. The number of aliphatic hydroxyl groups excluding tert-OH is 1. The summed E-state index contributed by atoms with van der Waals surface area (Å²) in [5.74, 6) is -0.399. The van der Waals surface area contributed by atoms with Gasteiger partial charge in [-0.2, -0.15) is 0 Å². The lowest BCUT2D eigenvalue weighted by Crippen LogP contribution is -2.47. The van der Waals surface area contributed by atoms with Crippen LogP contribution in [0.2, 0.25) is 0 Å². The second kappa shape index (κ2) is 7.16. The summed E-state index contributed by atoms with van der Waals surface area (Å²) in [6.07, 6.45) is 2.29. The third-order valence-corrected chi connectivity index (χ3v) is 4.86. The van der Waals surface area contributed by atoms with Gasteiger partial charge in [0.05, 0.1) is 6.10 Å². The Labute approximate surface area is 142 Å². The summed E-state index contributed by atoms with van der Waals surface area (Å²) >= 11 is 0. The van der Waals surface area contributed by atoms with Gasteiger partial charge in [0.1, 0.15) is 0 Å². The maximum atomic E-state index is 12.9. The van der Waals surface area contributed by atoms with Crippen molar-refractivity contribution in [3.63, 3.8) is 0 Å². The van der Waals surface area contributed by atoms with Crippen LogP contribution in [0.1, 0.15) is 30.4 Å². The lowest BCUT2D eigenvalue weighted by Gasteiger charge is -2.29. The van der Waals surface area contributed by atoms with E-state index < -0.39 is 11.5 Å². The zero-order valence-corrected chi connectivity index (χ0v) is 13.6. The van der Waals surface area contributed by atoms with Crippen molar-refractivity contribution in [1.29, 1.82) is 0 Å². The van der Waals surface area contributed by atoms with E-state index in [2.05, 4.69) is 5.32 Å². The number of nitrogens with one attached hydrogen (secondary N) is 1. The molecule has 24 heavy (non-hydrogen) atoms. The minimum Gasteiger partial charge on any atom is -0.393 e. The number of aliphatic hydroxyl groups is 2. The van der Waals surface area contributed by atoms with E-state index in [1.54, 1.807) is 48.5 Å². The van der Waals surface area contributed by atoms with Gasteiger partial charge in [0.25, 0.3) is 5.91 Å². The van der Waals surface area contributed by atoms with Crippen LogP contribution in [0.3, 0.4) is 0 Å². The molecule has 1 saturated carbocycles. The second-order valence-electron chi connectivity index (χ2n) is 6.41. The molecule has 0 bridgehead atoms. The van der Waals surface area contributed by atoms with Gasteiger partial charge in [-0.05, 0) is 24.0 Å². The van der Waals surface area contributed by atoms with Crippen LogP contribution in [0.25, 0.3) is 0 Å². The van der Waals surface area contributed by atoms with Crippen molar-refractivity contribution in [2.75, 3.05) is 6.54 Å². The van der Waals surface area contributed by atoms with Crippen LogP contribution in [-0.4, -0.2) is 28.8 Å². The van der Waals surface area contributed by atoms with Crippen molar-refractivity contribution < 1.29 is 15.0 Å². The molecule has 3 rings (SSSR count). The van der Waals surface area contributed by atoms with Crippen molar-refractivity contribution in [2.45, 2.75) is 31.0 Å². The Morgan fingerprint density at radius 1 is 1.00 bits per heavy atom. The highest BCUT2D eigenvalue weighted by Crippen LogP contribution is 2.30. The molecule has 0 heterocycles. The molecule has 126 valence electrons. The number of carbonyl (C=O) groups is 1. The summed E-state index contributed by atoms with van der Waals surface area (Å²) < 4.78 is 0. The summed E-state index contributed by atoms with van der Waals surface area (Å²) in [5.41, 5.74) is -0.687. The summed E-state index contributed by atoms with van der Waals surface area (Å²) in [6.45, 7) is 0.377. The van der Waals surface area contributed by atoms with Gasteiger partial charge in [0.15, 0.2) is 5.60 Å². The van der Waals surface area contributed by atoms with Gasteiger partial charge in [0.2, 0.25) is 0 Å². The maximum absolute atomic E-state index is 12.9. The van der Waals surface area contributed by atoms with Gasteiger partial charge in [-0.15, -0.1) is 0 Å². The van der Waals surface area contributed by atoms with E-state index in [1.165, 1.54) is 0 Å². The standard InChI is InChI=1S/C20H23NO3/c22-18-13-7-8-15(18)14-21-19(23)20(24,16-9-3-1-4-10-16)17-11-5-2-6-12-17/h1-6,9-12,15,18,22,24H,7-8,13-14H2,(H,21,23)/t15-,18+/m1/s1. The zero-order chi connectivity index (χ0) is 17.0. The fourth-order valence-corrected chi connectivity index (χ4v) is 3.39. The maximum Gasteiger partial charge on any atom is 0.261 e. The lowest BCUT2D eigenvalue weighted by molar-refractivity contribution is -0.137. The molecular formula is C20H23NO3. The van der Waals surface area contributed by atoms with Crippen molar-refractivity contribution in [3.05, 3.63) is 71.8 Å². The molecule has 1 aliphatic rings. The van der Waals surface area contributed by atoms with Gasteiger partial charge < -0.3 is 15.5 Å². The highest BCUT2D eigenvalue weighted by Gasteiger charge is 2.40. The first kappa shape index (κ1) is 16.7. The fraction of sp³-hybridized carbons (Fsp3) is 0.350. The molecule has 1 aliphatic carbocycles. The van der Waals surface area contributed by atoms with E-state index in [0.29, 0.717) is 17.7 Å². The summed E-state index contributed by atoms with van der Waals surface area (Å²) in [5, 5.41) is 24.1. The Hall–Kier alpha value is -2.17. The van der Waals surface area contributed by atoms with Crippen molar-refractivity contribution in [3.8, 4) is 0 Å². The number of amides is 1. The smallest absolute Gasteiger partial charge is 0.261 e. The van der Waals surface area contributed by atoms with Crippen LogP contribution in [-0.2, 0) is 10.4 Å². The molecule has 2 aromatic rings. The molecular weight excluding hydrogens is 302 g/mol. The molecule has 1 amide bonds. The van der Waals surface area contributed by atoms with Crippen LogP contribution in [0, 0.1) is 5.92 Å². The predicted octanol–water partition coefficient (Wildman–Crippen LogP) is 2.20. The molecule has 1 fully saturated rings. The Kier molecular flexibility index (Phi) is 4.97. The monoisotopic (exact) mass is 325 g/mol. The van der Waals surface area contributed by atoms with Gasteiger partial charge in [-0.1, -0.05) is 67.1 Å². The van der Waals surface area contributed by atoms with E-state index in [9.17, 15) is 15.0 Å². The lowest BCUT2D eigenvalue weighted by atomic mass is 9.85. The van der Waals surface area contributed by atoms with E-state index in [4.69, 9.17) is 0 Å². The molecule has 0 aliphatic heterocycles. The van der Waals surface area contributed by atoms with Crippen molar-refractivity contribution >= 4 is 5.91 Å². The average molecular weight is 325 g/mol. The molecule has 2 aromatic carbocycles. The fourth-order valence-electron chi connectivity index (χ4n) is 3.39. The van der Waals surface area contributed by atoms with Gasteiger partial charge in [-0.3, -0.25) is 4.79 Å².